The van der Waals surface area contributed by atoms with Crippen molar-refractivity contribution in [3.05, 3.63) is 48.3 Å². The minimum atomic E-state index is -0.568. The maximum atomic E-state index is 12.6. The van der Waals surface area contributed by atoms with Crippen LogP contribution >= 0.6 is 0 Å². The molecule has 0 aliphatic carbocycles. The number of carbonyl (C=O) groups is 2. The lowest BCUT2D eigenvalue weighted by atomic mass is 10.0. The number of nitrogens with zero attached hydrogens (tertiary/aromatic N) is 1. The molecule has 1 aromatic carbocycles. The van der Waals surface area contributed by atoms with E-state index in [1.165, 1.54) is 0 Å². The molecular formula is C18H22N2O3. The Hall–Kier alpha value is -2.40. The Morgan fingerprint density at radius 1 is 1.17 bits per heavy atom. The molecule has 122 valence electrons. The summed E-state index contributed by atoms with van der Waals surface area (Å²) in [4.78, 5) is 24.7. The highest BCUT2D eigenvalue weighted by molar-refractivity contribution is 6.43. The highest BCUT2D eigenvalue weighted by Gasteiger charge is 2.24. The van der Waals surface area contributed by atoms with Crippen LogP contribution in [0.15, 0.2) is 42.6 Å². The molecule has 1 heterocycles. The van der Waals surface area contributed by atoms with Crippen molar-refractivity contribution < 1.29 is 14.3 Å². The third-order valence-corrected chi connectivity index (χ3v) is 3.54. The number of Topliss-reactive ketones (excluding diaryl/α,β-unsaturated/α-hetero) is 1. The molecule has 5 heteroatoms. The van der Waals surface area contributed by atoms with Crippen molar-refractivity contribution in [3.63, 3.8) is 0 Å². The van der Waals surface area contributed by atoms with E-state index >= 15 is 0 Å². The van der Waals surface area contributed by atoms with E-state index in [9.17, 15) is 9.59 Å². The zero-order valence-corrected chi connectivity index (χ0v) is 13.5. The fourth-order valence-electron chi connectivity index (χ4n) is 2.38. The molecule has 0 bridgehead atoms. The second-order valence-corrected chi connectivity index (χ2v) is 5.22. The van der Waals surface area contributed by atoms with E-state index in [4.69, 9.17) is 4.74 Å². The zero-order chi connectivity index (χ0) is 16.7. The van der Waals surface area contributed by atoms with Crippen molar-refractivity contribution in [2.24, 2.45) is 0 Å². The number of hydrogen-bond acceptors (Lipinski definition) is 3. The minimum Gasteiger partial charge on any atom is -0.383 e. The van der Waals surface area contributed by atoms with Crippen molar-refractivity contribution in [2.75, 3.05) is 20.3 Å². The van der Waals surface area contributed by atoms with E-state index in [-0.39, 0.29) is 0 Å². The Bertz CT molecular complexity index is 662. The number of methoxy groups -OCH3 is 1. The summed E-state index contributed by atoms with van der Waals surface area (Å²) in [5.74, 6) is -1.08. The summed E-state index contributed by atoms with van der Waals surface area (Å²) in [5, 5.41) is 2.65. The van der Waals surface area contributed by atoms with Gasteiger partial charge in [-0.3, -0.25) is 9.59 Å². The fraction of sp³-hybridized carbons (Fsp3) is 0.333. The van der Waals surface area contributed by atoms with E-state index in [0.29, 0.717) is 25.4 Å². The zero-order valence-electron chi connectivity index (χ0n) is 13.5. The third-order valence-electron chi connectivity index (χ3n) is 3.54. The van der Waals surface area contributed by atoms with Crippen molar-refractivity contribution in [1.82, 2.24) is 9.88 Å². The average molecular weight is 314 g/mol. The van der Waals surface area contributed by atoms with E-state index < -0.39 is 11.7 Å². The summed E-state index contributed by atoms with van der Waals surface area (Å²) in [7, 11) is 1.61. The van der Waals surface area contributed by atoms with Crippen LogP contribution in [-0.2, 0) is 16.1 Å². The maximum absolute atomic E-state index is 12.6. The van der Waals surface area contributed by atoms with E-state index in [2.05, 4.69) is 5.32 Å². The van der Waals surface area contributed by atoms with Gasteiger partial charge in [-0.1, -0.05) is 37.3 Å². The molecule has 2 aromatic rings. The summed E-state index contributed by atoms with van der Waals surface area (Å²) >= 11 is 0. The maximum Gasteiger partial charge on any atom is 0.294 e. The highest BCUT2D eigenvalue weighted by atomic mass is 16.5. The first-order valence-corrected chi connectivity index (χ1v) is 7.75. The molecular weight excluding hydrogens is 292 g/mol. The van der Waals surface area contributed by atoms with Gasteiger partial charge in [-0.15, -0.1) is 0 Å². The molecule has 23 heavy (non-hydrogen) atoms. The molecule has 5 nitrogen and oxygen atoms in total. The lowest BCUT2D eigenvalue weighted by Gasteiger charge is -2.11. The molecule has 0 spiro atoms. The summed E-state index contributed by atoms with van der Waals surface area (Å²) in [6, 6.07) is 11.5. The Balaban J connectivity index is 2.38. The van der Waals surface area contributed by atoms with Gasteiger partial charge in [0.15, 0.2) is 0 Å². The Labute approximate surface area is 136 Å². The summed E-state index contributed by atoms with van der Waals surface area (Å²) in [6.07, 6.45) is 2.61. The van der Waals surface area contributed by atoms with Gasteiger partial charge in [-0.25, -0.2) is 0 Å². The standard InChI is InChI=1S/C18H22N2O3/c1-3-10-19-18(22)17(21)16-15(14-7-5-4-6-8-14)9-11-20(16)12-13-23-2/h4-9,11H,3,10,12-13H2,1-2H3,(H,19,22). The first-order chi connectivity index (χ1) is 11.2. The van der Waals surface area contributed by atoms with E-state index in [1.807, 2.05) is 49.5 Å². The molecule has 0 saturated carbocycles. The van der Waals surface area contributed by atoms with Gasteiger partial charge in [-0.05, 0) is 18.1 Å². The lowest BCUT2D eigenvalue weighted by molar-refractivity contribution is -0.117. The molecule has 0 unspecified atom stereocenters. The molecule has 2 rings (SSSR count). The van der Waals surface area contributed by atoms with Crippen LogP contribution in [-0.4, -0.2) is 36.5 Å². The third kappa shape index (κ3) is 4.07. The summed E-state index contributed by atoms with van der Waals surface area (Å²) in [6.45, 7) is 3.43. The molecule has 0 aliphatic rings. The number of benzene rings is 1. The predicted molar refractivity (Wildman–Crippen MR) is 89.4 cm³/mol. The van der Waals surface area contributed by atoms with Crippen molar-refractivity contribution >= 4 is 11.7 Å². The number of rotatable bonds is 8. The Kier molecular flexibility index (Phi) is 6.11. The van der Waals surface area contributed by atoms with Crippen molar-refractivity contribution in [2.45, 2.75) is 19.9 Å². The normalized spacial score (nSPS) is 10.5. The van der Waals surface area contributed by atoms with Crippen LogP contribution in [0.3, 0.4) is 0 Å². The number of amides is 1. The van der Waals surface area contributed by atoms with E-state index in [1.54, 1.807) is 11.7 Å². The topological polar surface area (TPSA) is 60.3 Å². The van der Waals surface area contributed by atoms with Gasteiger partial charge in [0.05, 0.1) is 6.61 Å². The van der Waals surface area contributed by atoms with Gasteiger partial charge >= 0.3 is 0 Å². The Morgan fingerprint density at radius 2 is 1.91 bits per heavy atom. The molecule has 0 atom stereocenters. The second-order valence-electron chi connectivity index (χ2n) is 5.22. The van der Waals surface area contributed by atoms with Gasteiger partial charge in [-0.2, -0.15) is 0 Å². The molecule has 1 aromatic heterocycles. The van der Waals surface area contributed by atoms with Crippen LogP contribution in [0.5, 0.6) is 0 Å². The monoisotopic (exact) mass is 314 g/mol. The van der Waals surface area contributed by atoms with Crippen molar-refractivity contribution in [1.29, 1.82) is 0 Å². The number of aromatic nitrogens is 1. The van der Waals surface area contributed by atoms with E-state index in [0.717, 1.165) is 17.5 Å². The van der Waals surface area contributed by atoms with Gasteiger partial charge < -0.3 is 14.6 Å². The van der Waals surface area contributed by atoms with Gasteiger partial charge in [0.25, 0.3) is 11.7 Å². The quantitative estimate of drug-likeness (QED) is 0.601. The summed E-state index contributed by atoms with van der Waals surface area (Å²) in [5.41, 5.74) is 2.08. The number of ketones is 1. The molecule has 0 aliphatic heterocycles. The molecule has 0 radical (unpaired) electrons. The van der Waals surface area contributed by atoms with Gasteiger partial charge in [0, 0.05) is 32.0 Å². The second kappa shape index (κ2) is 8.29. The smallest absolute Gasteiger partial charge is 0.294 e. The van der Waals surface area contributed by atoms with Gasteiger partial charge in [0.2, 0.25) is 0 Å². The Morgan fingerprint density at radius 3 is 2.57 bits per heavy atom. The first kappa shape index (κ1) is 17.0. The van der Waals surface area contributed by atoms with Crippen LogP contribution in [0.2, 0.25) is 0 Å². The molecule has 0 fully saturated rings. The van der Waals surface area contributed by atoms with Crippen LogP contribution in [0.4, 0.5) is 0 Å². The fourth-order valence-corrected chi connectivity index (χ4v) is 2.38. The van der Waals surface area contributed by atoms with Crippen LogP contribution < -0.4 is 5.32 Å². The molecule has 1 amide bonds. The number of nitrogens with one attached hydrogen (secondary N) is 1. The largest absolute Gasteiger partial charge is 0.383 e. The minimum absolute atomic E-state index is 0.404. The lowest BCUT2D eigenvalue weighted by Crippen LogP contribution is -2.33. The van der Waals surface area contributed by atoms with Crippen LogP contribution in [0.1, 0.15) is 23.8 Å². The van der Waals surface area contributed by atoms with Crippen LogP contribution in [0, 0.1) is 0 Å². The first-order valence-electron chi connectivity index (χ1n) is 7.75. The highest BCUT2D eigenvalue weighted by Crippen LogP contribution is 2.25. The number of hydrogen-bond donors (Lipinski definition) is 1. The van der Waals surface area contributed by atoms with Gasteiger partial charge in [0.1, 0.15) is 5.69 Å². The molecule has 1 N–H and O–H groups in total. The van der Waals surface area contributed by atoms with Crippen LogP contribution in [0.25, 0.3) is 11.1 Å². The van der Waals surface area contributed by atoms with Crippen molar-refractivity contribution in [3.8, 4) is 11.1 Å². The average Bonchev–Trinajstić information content (AvgIpc) is 3.01. The number of carbonyl (C=O) groups excluding carboxylic acids is 2. The summed E-state index contributed by atoms with van der Waals surface area (Å²) < 4.78 is 6.87. The predicted octanol–water partition coefficient (Wildman–Crippen LogP) is 2.51. The number of ether oxygens (including phenoxy) is 1. The molecule has 0 saturated heterocycles. The SMILES string of the molecule is CCCNC(=O)C(=O)c1c(-c2ccccc2)ccn1CCOC.